The van der Waals surface area contributed by atoms with E-state index in [9.17, 15) is 19.5 Å². The summed E-state index contributed by atoms with van der Waals surface area (Å²) < 4.78 is 0. The molecule has 1 unspecified atom stereocenters. The van der Waals surface area contributed by atoms with Gasteiger partial charge in [0.1, 0.15) is 6.23 Å². The molecule has 1 fully saturated rings. The number of carbonyl (C=O) groups is 3. The summed E-state index contributed by atoms with van der Waals surface area (Å²) in [7, 11) is 0. The highest BCUT2D eigenvalue weighted by Crippen LogP contribution is 2.17. The zero-order valence-corrected chi connectivity index (χ0v) is 9.23. The van der Waals surface area contributed by atoms with E-state index in [1.54, 1.807) is 6.92 Å². The van der Waals surface area contributed by atoms with Gasteiger partial charge < -0.3 is 5.11 Å². The van der Waals surface area contributed by atoms with Gasteiger partial charge in [-0.15, -0.1) is 0 Å². The molecule has 16 heavy (non-hydrogen) atoms. The third-order valence-corrected chi connectivity index (χ3v) is 2.49. The lowest BCUT2D eigenvalue weighted by atomic mass is 10.1. The molecular formula is C11H15NO4. The molecule has 5 nitrogen and oxygen atoms in total. The fourth-order valence-corrected chi connectivity index (χ4v) is 1.53. The third kappa shape index (κ3) is 2.76. The first-order valence-electron chi connectivity index (χ1n) is 5.15. The van der Waals surface area contributed by atoms with Crippen molar-refractivity contribution in [1.29, 1.82) is 0 Å². The summed E-state index contributed by atoms with van der Waals surface area (Å²) >= 11 is 0. The number of hydrogen-bond donors (Lipinski definition) is 1. The van der Waals surface area contributed by atoms with Gasteiger partial charge in [-0.3, -0.25) is 19.3 Å². The van der Waals surface area contributed by atoms with Crippen molar-refractivity contribution in [3.05, 3.63) is 12.2 Å². The number of imide groups is 1. The monoisotopic (exact) mass is 225 g/mol. The van der Waals surface area contributed by atoms with Crippen LogP contribution in [0.1, 0.15) is 32.6 Å². The molecule has 88 valence electrons. The molecular weight excluding hydrogens is 210 g/mol. The summed E-state index contributed by atoms with van der Waals surface area (Å²) in [6, 6.07) is 0. The van der Waals surface area contributed by atoms with Crippen molar-refractivity contribution < 1.29 is 19.5 Å². The predicted molar refractivity (Wildman–Crippen MR) is 56.1 cm³/mol. The average Bonchev–Trinajstić information content (AvgIpc) is 2.54. The molecule has 1 aliphatic heterocycles. The minimum atomic E-state index is -1.19. The molecule has 0 radical (unpaired) electrons. The second-order valence-electron chi connectivity index (χ2n) is 3.88. The van der Waals surface area contributed by atoms with Crippen molar-refractivity contribution in [1.82, 2.24) is 4.90 Å². The summed E-state index contributed by atoms with van der Waals surface area (Å²) in [6.45, 7) is 5.07. The van der Waals surface area contributed by atoms with Gasteiger partial charge in [-0.1, -0.05) is 6.58 Å². The Hall–Kier alpha value is -1.49. The number of hydrogen-bond acceptors (Lipinski definition) is 4. The van der Waals surface area contributed by atoms with Crippen LogP contribution in [0.25, 0.3) is 0 Å². The Morgan fingerprint density at radius 1 is 1.44 bits per heavy atom. The van der Waals surface area contributed by atoms with Crippen molar-refractivity contribution in [3.63, 3.8) is 0 Å². The van der Waals surface area contributed by atoms with Crippen molar-refractivity contribution in [2.24, 2.45) is 0 Å². The van der Waals surface area contributed by atoms with E-state index in [2.05, 4.69) is 6.58 Å². The summed E-state index contributed by atoms with van der Waals surface area (Å²) in [5.74, 6) is -0.918. The number of Topliss-reactive ketones (excluding diaryl/α,β-unsaturated/α-hetero) is 1. The van der Waals surface area contributed by atoms with Crippen LogP contribution in [0.2, 0.25) is 0 Å². The maximum atomic E-state index is 11.2. The molecule has 1 rings (SSSR count). The fraction of sp³-hybridized carbons (Fsp3) is 0.545. The number of ketones is 1. The third-order valence-electron chi connectivity index (χ3n) is 2.49. The van der Waals surface area contributed by atoms with E-state index in [4.69, 9.17) is 0 Å². The Morgan fingerprint density at radius 3 is 2.38 bits per heavy atom. The van der Waals surface area contributed by atoms with Crippen LogP contribution in [0, 0.1) is 0 Å². The number of aliphatic hydroxyl groups excluding tert-OH is 1. The lowest BCUT2D eigenvalue weighted by molar-refractivity contribution is -0.150. The first-order chi connectivity index (χ1) is 7.43. The van der Waals surface area contributed by atoms with Crippen molar-refractivity contribution in [3.8, 4) is 0 Å². The van der Waals surface area contributed by atoms with Gasteiger partial charge in [0.05, 0.1) is 0 Å². The van der Waals surface area contributed by atoms with E-state index in [1.165, 1.54) is 0 Å². The van der Waals surface area contributed by atoms with Gasteiger partial charge in [-0.2, -0.15) is 0 Å². The van der Waals surface area contributed by atoms with Gasteiger partial charge in [0.15, 0.2) is 5.78 Å². The largest absolute Gasteiger partial charge is 0.373 e. The van der Waals surface area contributed by atoms with E-state index in [0.29, 0.717) is 5.57 Å². The second kappa shape index (κ2) is 5.03. The molecule has 0 bridgehead atoms. The summed E-state index contributed by atoms with van der Waals surface area (Å²) in [5.41, 5.74) is 0.409. The zero-order valence-electron chi connectivity index (χ0n) is 9.23. The molecule has 5 heteroatoms. The number of allylic oxidation sites excluding steroid dienone is 1. The van der Waals surface area contributed by atoms with E-state index in [-0.39, 0.29) is 43.3 Å². The molecule has 0 spiro atoms. The standard InChI is InChI=1S/C11H15NO4/c1-7(2)8(13)3-4-9(14)12-10(15)5-6-11(12)16/h9,14H,1,3-6H2,2H3. The van der Waals surface area contributed by atoms with Gasteiger partial charge in [-0.05, 0) is 18.9 Å². The number of nitrogens with zero attached hydrogens (tertiary/aromatic N) is 1. The minimum Gasteiger partial charge on any atom is -0.373 e. The van der Waals surface area contributed by atoms with Crippen LogP contribution in [-0.4, -0.2) is 33.8 Å². The number of likely N-dealkylation sites (tertiary alicyclic amines) is 1. The van der Waals surface area contributed by atoms with Crippen LogP contribution in [0.3, 0.4) is 0 Å². The zero-order chi connectivity index (χ0) is 12.3. The SMILES string of the molecule is C=C(C)C(=O)CCC(O)N1C(=O)CCC1=O. The van der Waals surface area contributed by atoms with Crippen molar-refractivity contribution in [2.45, 2.75) is 38.8 Å². The van der Waals surface area contributed by atoms with E-state index in [0.717, 1.165) is 4.90 Å². The van der Waals surface area contributed by atoms with Crippen LogP contribution >= 0.6 is 0 Å². The molecule has 1 N–H and O–H groups in total. The number of amides is 2. The van der Waals surface area contributed by atoms with E-state index in [1.807, 2.05) is 0 Å². The quantitative estimate of drug-likeness (QED) is 0.542. The molecule has 0 aromatic rings. The van der Waals surface area contributed by atoms with Gasteiger partial charge >= 0.3 is 0 Å². The molecule has 1 atom stereocenters. The number of aliphatic hydroxyl groups is 1. The molecule has 0 aromatic carbocycles. The average molecular weight is 225 g/mol. The normalized spacial score (nSPS) is 17.8. The number of carbonyl (C=O) groups excluding carboxylic acids is 3. The lowest BCUT2D eigenvalue weighted by Gasteiger charge is -2.20. The maximum Gasteiger partial charge on any atom is 0.231 e. The molecule has 0 aliphatic carbocycles. The molecule has 2 amide bonds. The van der Waals surface area contributed by atoms with Crippen molar-refractivity contribution in [2.75, 3.05) is 0 Å². The van der Waals surface area contributed by atoms with Crippen LogP contribution < -0.4 is 0 Å². The van der Waals surface area contributed by atoms with E-state index < -0.39 is 6.23 Å². The van der Waals surface area contributed by atoms with Gasteiger partial charge in [-0.25, -0.2) is 0 Å². The minimum absolute atomic E-state index is 0.0726. The Labute approximate surface area is 93.7 Å². The smallest absolute Gasteiger partial charge is 0.231 e. The Bertz CT molecular complexity index is 332. The first-order valence-corrected chi connectivity index (χ1v) is 5.15. The first kappa shape index (κ1) is 12.6. The summed E-state index contributed by atoms with van der Waals surface area (Å²) in [4.78, 5) is 34.6. The van der Waals surface area contributed by atoms with Crippen LogP contribution in [0.4, 0.5) is 0 Å². The number of rotatable bonds is 5. The van der Waals surface area contributed by atoms with Crippen LogP contribution in [-0.2, 0) is 14.4 Å². The van der Waals surface area contributed by atoms with Crippen molar-refractivity contribution >= 4 is 17.6 Å². The highest BCUT2D eigenvalue weighted by atomic mass is 16.3. The Kier molecular flexibility index (Phi) is 3.95. The molecule has 1 aliphatic rings. The molecule has 0 aromatic heterocycles. The summed E-state index contributed by atoms with van der Waals surface area (Å²) in [6.07, 6.45) is -0.739. The molecule has 1 heterocycles. The van der Waals surface area contributed by atoms with Gasteiger partial charge in [0.2, 0.25) is 11.8 Å². The van der Waals surface area contributed by atoms with Crippen LogP contribution in [0.5, 0.6) is 0 Å². The predicted octanol–water partition coefficient (Wildman–Crippen LogP) is 0.379. The fourth-order valence-electron chi connectivity index (χ4n) is 1.53. The molecule has 0 saturated carbocycles. The van der Waals surface area contributed by atoms with Gasteiger partial charge in [0, 0.05) is 19.3 Å². The highest BCUT2D eigenvalue weighted by Gasteiger charge is 2.33. The summed E-state index contributed by atoms with van der Waals surface area (Å²) in [5, 5.41) is 9.62. The van der Waals surface area contributed by atoms with Gasteiger partial charge in [0.25, 0.3) is 0 Å². The Balaban J connectivity index is 2.49. The Morgan fingerprint density at radius 2 is 1.94 bits per heavy atom. The van der Waals surface area contributed by atoms with E-state index >= 15 is 0 Å². The lowest BCUT2D eigenvalue weighted by Crippen LogP contribution is -2.39. The molecule has 1 saturated heterocycles. The topological polar surface area (TPSA) is 74.7 Å². The maximum absolute atomic E-state index is 11.2. The van der Waals surface area contributed by atoms with Crippen LogP contribution in [0.15, 0.2) is 12.2 Å². The second-order valence-corrected chi connectivity index (χ2v) is 3.88. The highest BCUT2D eigenvalue weighted by molar-refractivity contribution is 6.02.